The lowest BCUT2D eigenvalue weighted by Gasteiger charge is -2.40. The third-order valence-electron chi connectivity index (χ3n) is 5.97. The minimum absolute atomic E-state index is 0.389. The van der Waals surface area contributed by atoms with Crippen LogP contribution in [0.15, 0.2) is 42.5 Å². The first-order chi connectivity index (χ1) is 14.0. The molecular formula is C22H26ClN5O. The van der Waals surface area contributed by atoms with Crippen LogP contribution in [0.3, 0.4) is 0 Å². The smallest absolute Gasteiger partial charge is 0.181 e. The molecule has 0 aliphatic heterocycles. The number of aromatic nitrogens is 4. The largest absolute Gasteiger partial charge is 0.495 e. The van der Waals surface area contributed by atoms with Crippen LogP contribution in [0.5, 0.6) is 5.75 Å². The normalized spacial score (nSPS) is 21.7. The molecule has 0 radical (unpaired) electrons. The topological polar surface area (TPSA) is 64.9 Å². The van der Waals surface area contributed by atoms with Crippen LogP contribution >= 0.6 is 11.6 Å². The summed E-state index contributed by atoms with van der Waals surface area (Å²) in [5.41, 5.74) is 2.41. The second-order valence-electron chi connectivity index (χ2n) is 7.89. The second kappa shape index (κ2) is 8.03. The van der Waals surface area contributed by atoms with Crippen molar-refractivity contribution in [1.82, 2.24) is 20.2 Å². The zero-order valence-electron chi connectivity index (χ0n) is 17.0. The van der Waals surface area contributed by atoms with Crippen molar-refractivity contribution in [1.29, 1.82) is 0 Å². The lowest BCUT2D eigenvalue weighted by Crippen LogP contribution is -2.41. The monoisotopic (exact) mass is 411 g/mol. The van der Waals surface area contributed by atoms with Crippen molar-refractivity contribution >= 4 is 17.3 Å². The summed E-state index contributed by atoms with van der Waals surface area (Å²) in [6.07, 6.45) is 4.07. The van der Waals surface area contributed by atoms with Crippen molar-refractivity contribution in [3.8, 4) is 11.4 Å². The van der Waals surface area contributed by atoms with Gasteiger partial charge in [0, 0.05) is 5.02 Å². The number of rotatable bonds is 5. The van der Waals surface area contributed by atoms with Gasteiger partial charge in [-0.2, -0.15) is 4.68 Å². The molecule has 4 rings (SSSR count). The van der Waals surface area contributed by atoms with Gasteiger partial charge in [-0.25, -0.2) is 0 Å². The third-order valence-corrected chi connectivity index (χ3v) is 6.38. The SMILES string of the molecule is COc1ccccc1NC1(c2nnnn2-c2cccc(Cl)c2C)CCC(C)CC1. The standard InChI is InChI=1S/C22H26ClN5O/c1-15-11-13-22(14-12-15,24-18-8-4-5-10-20(18)29-3)21-25-26-27-28(21)19-9-6-7-17(23)16(19)2/h4-10,15,24H,11-14H2,1-3H3. The molecule has 0 spiro atoms. The molecule has 1 saturated carbocycles. The van der Waals surface area contributed by atoms with Gasteiger partial charge in [-0.05, 0) is 78.8 Å². The summed E-state index contributed by atoms with van der Waals surface area (Å²) in [5.74, 6) is 2.30. The van der Waals surface area contributed by atoms with Gasteiger partial charge in [0.1, 0.15) is 5.75 Å². The van der Waals surface area contributed by atoms with Gasteiger partial charge in [-0.1, -0.05) is 36.7 Å². The van der Waals surface area contributed by atoms with E-state index >= 15 is 0 Å². The van der Waals surface area contributed by atoms with E-state index in [0.29, 0.717) is 10.9 Å². The number of hydrogen-bond donors (Lipinski definition) is 1. The summed E-state index contributed by atoms with van der Waals surface area (Å²) in [6, 6.07) is 13.8. The molecule has 0 saturated heterocycles. The lowest BCUT2D eigenvalue weighted by molar-refractivity contribution is 0.254. The molecule has 1 aliphatic rings. The van der Waals surface area contributed by atoms with Crippen LogP contribution in [0.2, 0.25) is 5.02 Å². The number of hydrogen-bond acceptors (Lipinski definition) is 5. The fourth-order valence-electron chi connectivity index (χ4n) is 4.14. The molecule has 1 fully saturated rings. The number of benzene rings is 2. The summed E-state index contributed by atoms with van der Waals surface area (Å²) in [6.45, 7) is 4.30. The molecule has 0 unspecified atom stereocenters. The van der Waals surface area contributed by atoms with Crippen molar-refractivity contribution in [3.05, 3.63) is 58.9 Å². The van der Waals surface area contributed by atoms with Crippen molar-refractivity contribution in [3.63, 3.8) is 0 Å². The van der Waals surface area contributed by atoms with Gasteiger partial charge in [0.05, 0.1) is 24.0 Å². The molecule has 29 heavy (non-hydrogen) atoms. The van der Waals surface area contributed by atoms with Gasteiger partial charge in [-0.3, -0.25) is 0 Å². The van der Waals surface area contributed by atoms with Gasteiger partial charge in [0.2, 0.25) is 0 Å². The van der Waals surface area contributed by atoms with E-state index in [-0.39, 0.29) is 5.54 Å². The van der Waals surface area contributed by atoms with Gasteiger partial charge >= 0.3 is 0 Å². The van der Waals surface area contributed by atoms with E-state index in [1.807, 2.05) is 54.1 Å². The highest BCUT2D eigenvalue weighted by atomic mass is 35.5. The zero-order chi connectivity index (χ0) is 20.4. The number of para-hydroxylation sites is 2. The van der Waals surface area contributed by atoms with Crippen LogP contribution in [0.4, 0.5) is 5.69 Å². The quantitative estimate of drug-likeness (QED) is 0.628. The van der Waals surface area contributed by atoms with Gasteiger partial charge in [-0.15, -0.1) is 5.10 Å². The van der Waals surface area contributed by atoms with Crippen molar-refractivity contribution in [2.24, 2.45) is 5.92 Å². The van der Waals surface area contributed by atoms with Crippen LogP contribution < -0.4 is 10.1 Å². The third kappa shape index (κ3) is 3.69. The molecule has 1 aromatic heterocycles. The number of tetrazole rings is 1. The number of anilines is 1. The molecule has 7 heteroatoms. The molecule has 152 valence electrons. The Morgan fingerprint density at radius 1 is 1.14 bits per heavy atom. The van der Waals surface area contributed by atoms with E-state index in [0.717, 1.165) is 54.2 Å². The number of methoxy groups -OCH3 is 1. The maximum Gasteiger partial charge on any atom is 0.181 e. The first-order valence-electron chi connectivity index (χ1n) is 9.99. The van der Waals surface area contributed by atoms with Crippen LogP contribution in [0, 0.1) is 12.8 Å². The fraction of sp³-hybridized carbons (Fsp3) is 0.409. The van der Waals surface area contributed by atoms with E-state index in [1.165, 1.54) is 0 Å². The molecule has 1 heterocycles. The Bertz CT molecular complexity index is 994. The number of halogens is 1. The maximum atomic E-state index is 6.38. The molecule has 0 atom stereocenters. The van der Waals surface area contributed by atoms with E-state index in [1.54, 1.807) is 7.11 Å². The van der Waals surface area contributed by atoms with Gasteiger partial charge < -0.3 is 10.1 Å². The van der Waals surface area contributed by atoms with E-state index < -0.39 is 0 Å². The molecule has 1 aliphatic carbocycles. The molecule has 1 N–H and O–H groups in total. The molecule has 0 bridgehead atoms. The molecular weight excluding hydrogens is 386 g/mol. The van der Waals surface area contributed by atoms with Gasteiger partial charge in [0.25, 0.3) is 0 Å². The minimum atomic E-state index is -0.389. The Labute approximate surface area is 176 Å². The Kier molecular flexibility index (Phi) is 5.46. The number of nitrogens with zero attached hydrogens (tertiary/aromatic N) is 4. The number of ether oxygens (including phenoxy) is 1. The average Bonchev–Trinajstić information content (AvgIpc) is 3.23. The first-order valence-corrected chi connectivity index (χ1v) is 10.4. The van der Waals surface area contributed by atoms with Crippen LogP contribution in [-0.4, -0.2) is 27.3 Å². The van der Waals surface area contributed by atoms with Crippen LogP contribution in [0.25, 0.3) is 5.69 Å². The lowest BCUT2D eigenvalue weighted by atomic mass is 9.76. The maximum absolute atomic E-state index is 6.38. The highest BCUT2D eigenvalue weighted by Gasteiger charge is 2.41. The fourth-order valence-corrected chi connectivity index (χ4v) is 4.31. The highest BCUT2D eigenvalue weighted by Crippen LogP contribution is 2.43. The Morgan fingerprint density at radius 3 is 2.66 bits per heavy atom. The minimum Gasteiger partial charge on any atom is -0.495 e. The van der Waals surface area contributed by atoms with Crippen LogP contribution in [0.1, 0.15) is 44.0 Å². The van der Waals surface area contributed by atoms with Crippen molar-refractivity contribution < 1.29 is 4.74 Å². The predicted octanol–water partition coefficient (Wildman–Crippen LogP) is 5.15. The summed E-state index contributed by atoms with van der Waals surface area (Å²) < 4.78 is 7.41. The Balaban J connectivity index is 1.82. The van der Waals surface area contributed by atoms with E-state index in [2.05, 4.69) is 27.8 Å². The number of nitrogens with one attached hydrogen (secondary N) is 1. The van der Waals surface area contributed by atoms with E-state index in [4.69, 9.17) is 16.3 Å². The summed E-state index contributed by atoms with van der Waals surface area (Å²) >= 11 is 6.38. The molecule has 6 nitrogen and oxygen atoms in total. The summed E-state index contributed by atoms with van der Waals surface area (Å²) in [7, 11) is 1.69. The predicted molar refractivity (Wildman–Crippen MR) is 115 cm³/mol. The average molecular weight is 412 g/mol. The first kappa shape index (κ1) is 19.7. The molecule has 2 aromatic carbocycles. The second-order valence-corrected chi connectivity index (χ2v) is 8.30. The van der Waals surface area contributed by atoms with Gasteiger partial charge in [0.15, 0.2) is 5.82 Å². The van der Waals surface area contributed by atoms with E-state index in [9.17, 15) is 0 Å². The zero-order valence-corrected chi connectivity index (χ0v) is 17.8. The molecule has 0 amide bonds. The Hall–Kier alpha value is -2.60. The molecule has 3 aromatic rings. The van der Waals surface area contributed by atoms with Crippen molar-refractivity contribution in [2.75, 3.05) is 12.4 Å². The van der Waals surface area contributed by atoms with Crippen molar-refractivity contribution in [2.45, 2.75) is 45.1 Å². The summed E-state index contributed by atoms with van der Waals surface area (Å²) in [5, 5.41) is 17.3. The Morgan fingerprint density at radius 2 is 1.90 bits per heavy atom. The highest BCUT2D eigenvalue weighted by molar-refractivity contribution is 6.31. The summed E-state index contributed by atoms with van der Waals surface area (Å²) in [4.78, 5) is 0. The van der Waals surface area contributed by atoms with Crippen LogP contribution in [-0.2, 0) is 5.54 Å².